The molecule has 1 aliphatic rings. The van der Waals surface area contributed by atoms with Gasteiger partial charge in [0.05, 0.1) is 5.02 Å². The molecule has 1 atom stereocenters. The minimum atomic E-state index is -0.351. The van der Waals surface area contributed by atoms with Gasteiger partial charge in [0.1, 0.15) is 5.75 Å². The summed E-state index contributed by atoms with van der Waals surface area (Å²) in [6.07, 6.45) is 3.20. The number of halogens is 1. The van der Waals surface area contributed by atoms with Crippen molar-refractivity contribution >= 4 is 28.5 Å². The number of para-hydroxylation sites is 1. The van der Waals surface area contributed by atoms with Gasteiger partial charge in [-0.3, -0.25) is 9.69 Å². The number of fused-ring (bicyclic) bond motifs is 1. The highest BCUT2D eigenvalue weighted by molar-refractivity contribution is 6.32. The third-order valence-corrected chi connectivity index (χ3v) is 5.33. The van der Waals surface area contributed by atoms with Gasteiger partial charge >= 0.3 is 5.97 Å². The van der Waals surface area contributed by atoms with Crippen LogP contribution in [0.1, 0.15) is 30.4 Å². The molecule has 1 N–H and O–H groups in total. The van der Waals surface area contributed by atoms with Crippen LogP contribution in [-0.2, 0) is 11.3 Å². The zero-order valence-corrected chi connectivity index (χ0v) is 15.4. The van der Waals surface area contributed by atoms with E-state index >= 15 is 0 Å². The SMILES string of the molecule is CC(=O)Oc1cc(C2CCN(Cc3c[nH]c4ccccc34)C2)ccc1Cl. The Labute approximate surface area is 157 Å². The van der Waals surface area contributed by atoms with Crippen molar-refractivity contribution in [1.29, 1.82) is 0 Å². The third kappa shape index (κ3) is 3.48. The van der Waals surface area contributed by atoms with Crippen LogP contribution in [0, 0.1) is 0 Å². The molecule has 3 aromatic rings. The molecule has 1 fully saturated rings. The molecule has 1 saturated heterocycles. The summed E-state index contributed by atoms with van der Waals surface area (Å²) in [4.78, 5) is 17.1. The van der Waals surface area contributed by atoms with E-state index in [2.05, 4.69) is 40.3 Å². The summed E-state index contributed by atoms with van der Waals surface area (Å²) in [7, 11) is 0. The molecule has 5 heteroatoms. The van der Waals surface area contributed by atoms with Gasteiger partial charge in [-0.2, -0.15) is 0 Å². The lowest BCUT2D eigenvalue weighted by Crippen LogP contribution is -2.19. The molecule has 0 amide bonds. The molecular formula is C21H21ClN2O2. The second kappa shape index (κ2) is 7.14. The molecular weight excluding hydrogens is 348 g/mol. The molecule has 1 aliphatic heterocycles. The lowest BCUT2D eigenvalue weighted by atomic mass is 9.98. The molecule has 1 aromatic heterocycles. The maximum Gasteiger partial charge on any atom is 0.308 e. The highest BCUT2D eigenvalue weighted by atomic mass is 35.5. The Kier molecular flexibility index (Phi) is 4.70. The highest BCUT2D eigenvalue weighted by Gasteiger charge is 2.25. The second-order valence-corrected chi connectivity index (χ2v) is 7.27. The standard InChI is InChI=1S/C21H21ClN2O2/c1-14(25)26-21-10-15(6-7-19(21)22)16-8-9-24(12-16)13-17-11-23-20-5-3-2-4-18(17)20/h2-7,10-11,16,23H,8-9,12-13H2,1H3. The van der Waals surface area contributed by atoms with Gasteiger partial charge < -0.3 is 9.72 Å². The molecule has 4 nitrogen and oxygen atoms in total. The smallest absolute Gasteiger partial charge is 0.308 e. The predicted octanol–water partition coefficient (Wildman–Crippen LogP) is 4.74. The van der Waals surface area contributed by atoms with Crippen LogP contribution in [0.5, 0.6) is 5.75 Å². The van der Waals surface area contributed by atoms with Crippen LogP contribution in [0.25, 0.3) is 10.9 Å². The number of esters is 1. The number of hydrogen-bond acceptors (Lipinski definition) is 3. The highest BCUT2D eigenvalue weighted by Crippen LogP contribution is 2.34. The maximum atomic E-state index is 11.2. The number of hydrogen-bond donors (Lipinski definition) is 1. The first kappa shape index (κ1) is 17.1. The molecule has 134 valence electrons. The molecule has 0 bridgehead atoms. The number of benzene rings is 2. The van der Waals surface area contributed by atoms with Crippen molar-refractivity contribution in [2.45, 2.75) is 25.8 Å². The normalized spacial score (nSPS) is 17.7. The van der Waals surface area contributed by atoms with Gasteiger partial charge in [0.25, 0.3) is 0 Å². The quantitative estimate of drug-likeness (QED) is 0.534. The average Bonchev–Trinajstić information content (AvgIpc) is 3.25. The van der Waals surface area contributed by atoms with Gasteiger partial charge in [0.15, 0.2) is 0 Å². The fourth-order valence-corrected chi connectivity index (χ4v) is 3.91. The van der Waals surface area contributed by atoms with Gasteiger partial charge in [0, 0.05) is 37.1 Å². The Hall–Kier alpha value is -2.30. The average molecular weight is 369 g/mol. The number of nitrogens with zero attached hydrogens (tertiary/aromatic N) is 1. The number of carbonyl (C=O) groups is 1. The number of ether oxygens (including phenoxy) is 1. The van der Waals surface area contributed by atoms with E-state index in [0.717, 1.165) is 26.1 Å². The molecule has 4 rings (SSSR count). The van der Waals surface area contributed by atoms with Crippen LogP contribution >= 0.6 is 11.6 Å². The summed E-state index contributed by atoms with van der Waals surface area (Å²) < 4.78 is 5.22. The maximum absolute atomic E-state index is 11.2. The Balaban J connectivity index is 1.47. The largest absolute Gasteiger partial charge is 0.425 e. The number of likely N-dealkylation sites (tertiary alicyclic amines) is 1. The van der Waals surface area contributed by atoms with Crippen LogP contribution in [0.15, 0.2) is 48.7 Å². The van der Waals surface area contributed by atoms with E-state index in [4.69, 9.17) is 16.3 Å². The van der Waals surface area contributed by atoms with Gasteiger partial charge in [0.2, 0.25) is 0 Å². The molecule has 0 aliphatic carbocycles. The number of aromatic nitrogens is 1. The number of H-pyrrole nitrogens is 1. The van der Waals surface area contributed by atoms with Gasteiger partial charge in [-0.25, -0.2) is 0 Å². The van der Waals surface area contributed by atoms with Crippen LogP contribution in [0.4, 0.5) is 0 Å². The van der Waals surface area contributed by atoms with Crippen molar-refractivity contribution in [3.8, 4) is 5.75 Å². The summed E-state index contributed by atoms with van der Waals surface area (Å²) in [6, 6.07) is 14.2. The monoisotopic (exact) mass is 368 g/mol. The predicted molar refractivity (Wildman–Crippen MR) is 104 cm³/mol. The first-order valence-corrected chi connectivity index (χ1v) is 9.23. The first-order chi connectivity index (χ1) is 12.6. The van der Waals surface area contributed by atoms with E-state index < -0.39 is 0 Å². The third-order valence-electron chi connectivity index (χ3n) is 5.02. The van der Waals surface area contributed by atoms with E-state index in [1.165, 1.54) is 29.0 Å². The molecule has 1 unspecified atom stereocenters. The summed E-state index contributed by atoms with van der Waals surface area (Å²) in [5.74, 6) is 0.523. The molecule has 0 radical (unpaired) electrons. The molecule has 2 heterocycles. The van der Waals surface area contributed by atoms with Crippen LogP contribution in [0.2, 0.25) is 5.02 Å². The van der Waals surface area contributed by atoms with Crippen LogP contribution in [-0.4, -0.2) is 28.9 Å². The van der Waals surface area contributed by atoms with Crippen molar-refractivity contribution in [3.05, 3.63) is 64.8 Å². The van der Waals surface area contributed by atoms with Crippen LogP contribution < -0.4 is 4.74 Å². The number of nitrogens with one attached hydrogen (secondary N) is 1. The number of rotatable bonds is 4. The fraction of sp³-hybridized carbons (Fsp3) is 0.286. The lowest BCUT2D eigenvalue weighted by molar-refractivity contribution is -0.131. The van der Waals surface area contributed by atoms with Crippen LogP contribution in [0.3, 0.4) is 0 Å². The minimum Gasteiger partial charge on any atom is -0.425 e. The first-order valence-electron chi connectivity index (χ1n) is 8.85. The van der Waals surface area contributed by atoms with Gasteiger partial charge in [-0.05, 0) is 48.2 Å². The zero-order valence-electron chi connectivity index (χ0n) is 14.7. The van der Waals surface area contributed by atoms with Crippen molar-refractivity contribution in [2.75, 3.05) is 13.1 Å². The molecule has 2 aromatic carbocycles. The zero-order chi connectivity index (χ0) is 18.1. The van der Waals surface area contributed by atoms with E-state index in [9.17, 15) is 4.79 Å². The summed E-state index contributed by atoms with van der Waals surface area (Å²) in [6.45, 7) is 4.36. The Morgan fingerprint density at radius 2 is 2.15 bits per heavy atom. The number of carbonyl (C=O) groups excluding carboxylic acids is 1. The second-order valence-electron chi connectivity index (χ2n) is 6.86. The van der Waals surface area contributed by atoms with Gasteiger partial charge in [-0.1, -0.05) is 35.9 Å². The van der Waals surface area contributed by atoms with E-state index in [0.29, 0.717) is 16.7 Å². The van der Waals surface area contributed by atoms with E-state index in [1.54, 1.807) is 0 Å². The summed E-state index contributed by atoms with van der Waals surface area (Å²) in [5.41, 5.74) is 3.69. The minimum absolute atomic E-state index is 0.351. The molecule has 0 spiro atoms. The Morgan fingerprint density at radius 1 is 1.31 bits per heavy atom. The number of aromatic amines is 1. The lowest BCUT2D eigenvalue weighted by Gasteiger charge is -2.16. The summed E-state index contributed by atoms with van der Waals surface area (Å²) in [5, 5.41) is 1.76. The van der Waals surface area contributed by atoms with Crippen molar-refractivity contribution in [2.24, 2.45) is 0 Å². The summed E-state index contributed by atoms with van der Waals surface area (Å²) >= 11 is 6.13. The molecule has 0 saturated carbocycles. The van der Waals surface area contributed by atoms with Crippen molar-refractivity contribution < 1.29 is 9.53 Å². The van der Waals surface area contributed by atoms with Gasteiger partial charge in [-0.15, -0.1) is 0 Å². The fourth-order valence-electron chi connectivity index (χ4n) is 3.76. The Morgan fingerprint density at radius 3 is 3.00 bits per heavy atom. The topological polar surface area (TPSA) is 45.3 Å². The van der Waals surface area contributed by atoms with Crippen molar-refractivity contribution in [1.82, 2.24) is 9.88 Å². The Bertz CT molecular complexity index is 950. The van der Waals surface area contributed by atoms with E-state index in [-0.39, 0.29) is 5.97 Å². The molecule has 26 heavy (non-hydrogen) atoms. The van der Waals surface area contributed by atoms with Crippen molar-refractivity contribution in [3.63, 3.8) is 0 Å². The van der Waals surface area contributed by atoms with E-state index in [1.807, 2.05) is 18.2 Å².